The molecule has 3 aromatic rings. The van der Waals surface area contributed by atoms with Gasteiger partial charge in [0.25, 0.3) is 0 Å². The summed E-state index contributed by atoms with van der Waals surface area (Å²) in [7, 11) is 0. The molecule has 4 heterocycles. The summed E-state index contributed by atoms with van der Waals surface area (Å²) in [5.74, 6) is -1.34. The second-order valence-corrected chi connectivity index (χ2v) is 9.78. The van der Waals surface area contributed by atoms with Crippen molar-refractivity contribution in [1.29, 1.82) is 0 Å². The van der Waals surface area contributed by atoms with E-state index in [2.05, 4.69) is 33.7 Å². The molecule has 0 fully saturated rings. The summed E-state index contributed by atoms with van der Waals surface area (Å²) in [6, 6.07) is 20.4. The Bertz CT molecular complexity index is 1640. The van der Waals surface area contributed by atoms with Gasteiger partial charge in [0.1, 0.15) is 12.3 Å². The average Bonchev–Trinajstić information content (AvgIpc) is 3.15. The number of carbonyl (C=O) groups excluding carboxylic acids is 2. The van der Waals surface area contributed by atoms with E-state index in [1.54, 1.807) is 0 Å². The number of hydrogen-bond donors (Lipinski definition) is 1. The van der Waals surface area contributed by atoms with Gasteiger partial charge >= 0.3 is 0 Å². The molecule has 0 saturated carbocycles. The highest BCUT2D eigenvalue weighted by Crippen LogP contribution is 2.43. The number of para-hydroxylation sites is 2. The lowest BCUT2D eigenvalue weighted by molar-refractivity contribution is -0.677. The summed E-state index contributed by atoms with van der Waals surface area (Å²) in [6.45, 7) is 1.67. The van der Waals surface area contributed by atoms with Crippen LogP contribution in [0, 0.1) is 0 Å². The van der Waals surface area contributed by atoms with Gasteiger partial charge in [-0.1, -0.05) is 36.4 Å². The fourth-order valence-corrected chi connectivity index (χ4v) is 6.25. The van der Waals surface area contributed by atoms with Crippen LogP contribution in [-0.4, -0.2) is 23.2 Å². The van der Waals surface area contributed by atoms with Crippen molar-refractivity contribution in [2.45, 2.75) is 32.2 Å². The predicted octanol–water partition coefficient (Wildman–Crippen LogP) is 5.22. The molecule has 176 valence electrons. The molecule has 1 N–H and O–H groups in total. The van der Waals surface area contributed by atoms with Gasteiger partial charge in [-0.15, -0.1) is 0 Å². The molecule has 0 saturated heterocycles. The van der Waals surface area contributed by atoms with Crippen LogP contribution in [0.3, 0.4) is 0 Å². The molecule has 7 rings (SSSR count). The first-order valence-corrected chi connectivity index (χ1v) is 12.6. The van der Waals surface area contributed by atoms with E-state index in [-0.39, 0.29) is 16.9 Å². The largest absolute Gasteiger partial charge is 0.506 e. The molecule has 5 nitrogen and oxygen atoms in total. The quantitative estimate of drug-likeness (QED) is 0.299. The van der Waals surface area contributed by atoms with E-state index < -0.39 is 11.6 Å². The van der Waals surface area contributed by atoms with Crippen molar-refractivity contribution in [2.24, 2.45) is 0 Å². The average molecular weight is 474 g/mol. The van der Waals surface area contributed by atoms with E-state index in [1.165, 1.54) is 0 Å². The second kappa shape index (κ2) is 7.89. The number of nitrogens with zero attached hydrogens (tertiary/aromatic N) is 2. The molecule has 1 aromatic heterocycles. The first kappa shape index (κ1) is 21.1. The summed E-state index contributed by atoms with van der Waals surface area (Å²) in [6.07, 6.45) is 7.04. The Morgan fingerprint density at radius 3 is 2.47 bits per heavy atom. The zero-order chi connectivity index (χ0) is 24.4. The molecule has 36 heavy (non-hydrogen) atoms. The van der Waals surface area contributed by atoms with Crippen LogP contribution in [0.5, 0.6) is 0 Å². The second-order valence-electron chi connectivity index (χ2n) is 9.78. The third kappa shape index (κ3) is 2.92. The number of pyridine rings is 1. The Morgan fingerprint density at radius 1 is 0.778 bits per heavy atom. The highest BCUT2D eigenvalue weighted by atomic mass is 16.3. The van der Waals surface area contributed by atoms with E-state index in [0.29, 0.717) is 12.8 Å². The number of allylic oxidation sites excluding steroid dienone is 5. The highest BCUT2D eigenvalue weighted by molar-refractivity contribution is 6.55. The number of carbonyl (C=O) groups is 2. The first-order valence-electron chi connectivity index (χ1n) is 12.6. The Kier molecular flexibility index (Phi) is 4.61. The number of rotatable bonds is 1. The van der Waals surface area contributed by atoms with Crippen LogP contribution in [0.1, 0.15) is 36.9 Å². The molecule has 0 radical (unpaired) electrons. The molecule has 2 aromatic carbocycles. The summed E-state index contributed by atoms with van der Waals surface area (Å²) >= 11 is 0. The maximum atomic E-state index is 13.4. The summed E-state index contributed by atoms with van der Waals surface area (Å²) in [5, 5.41) is 12.6. The highest BCUT2D eigenvalue weighted by Gasteiger charge is 2.43. The number of aliphatic hydroxyl groups is 1. The van der Waals surface area contributed by atoms with E-state index in [0.717, 1.165) is 70.6 Å². The minimum Gasteiger partial charge on any atom is -0.506 e. The maximum Gasteiger partial charge on any atom is 0.237 e. The van der Waals surface area contributed by atoms with Gasteiger partial charge in [0.2, 0.25) is 22.8 Å². The third-order valence-electron chi connectivity index (χ3n) is 7.85. The van der Waals surface area contributed by atoms with Gasteiger partial charge in [-0.2, -0.15) is 4.57 Å². The van der Waals surface area contributed by atoms with Gasteiger partial charge in [-0.25, -0.2) is 0 Å². The number of ketones is 2. The fourth-order valence-electron chi connectivity index (χ4n) is 6.25. The number of aliphatic hydroxyl groups excluding tert-OH is 1. The molecule has 0 spiro atoms. The van der Waals surface area contributed by atoms with Crippen molar-refractivity contribution in [2.75, 3.05) is 11.4 Å². The maximum absolute atomic E-state index is 13.4. The standard InChI is InChI=1S/C31H24N2O3/c34-29-27(21-9-5-17-32-23-11-3-1-7-19(23)13-15-25(21)32)30(35)31(36)28(29)22-10-6-18-33-24-12-4-2-8-20(24)14-16-26(22)33/h1-4,7-8,11-16H,5-6,9-10,17-18H2/p+1. The van der Waals surface area contributed by atoms with Gasteiger partial charge in [0.15, 0.2) is 0 Å². The van der Waals surface area contributed by atoms with Gasteiger partial charge in [-0.05, 0) is 54.7 Å². The third-order valence-corrected chi connectivity index (χ3v) is 7.85. The van der Waals surface area contributed by atoms with E-state index in [4.69, 9.17) is 0 Å². The van der Waals surface area contributed by atoms with Crippen LogP contribution in [0.4, 0.5) is 5.69 Å². The monoisotopic (exact) mass is 473 g/mol. The molecule has 0 amide bonds. The number of aromatic nitrogens is 1. The zero-order valence-corrected chi connectivity index (χ0v) is 19.8. The molecule has 0 bridgehead atoms. The molecule has 0 atom stereocenters. The smallest absolute Gasteiger partial charge is 0.237 e. The Morgan fingerprint density at radius 2 is 1.56 bits per heavy atom. The molecule has 5 heteroatoms. The molecule has 4 aliphatic rings. The van der Waals surface area contributed by atoms with E-state index in [1.807, 2.05) is 48.6 Å². The van der Waals surface area contributed by atoms with Crippen LogP contribution in [0.2, 0.25) is 0 Å². The van der Waals surface area contributed by atoms with Crippen LogP contribution in [-0.2, 0) is 16.1 Å². The Hall–Kier alpha value is -4.25. The minimum absolute atomic E-state index is 0.154. The zero-order valence-electron chi connectivity index (χ0n) is 19.8. The Balaban J connectivity index is 1.43. The minimum atomic E-state index is -0.593. The Labute approximate surface area is 209 Å². The van der Waals surface area contributed by atoms with Crippen molar-refractivity contribution in [3.63, 3.8) is 0 Å². The summed E-state index contributed by atoms with van der Waals surface area (Å²) < 4.78 is 2.20. The lowest BCUT2D eigenvalue weighted by Gasteiger charge is -2.36. The number of aryl methyl sites for hydroxylation is 1. The van der Waals surface area contributed by atoms with Crippen molar-refractivity contribution in [3.8, 4) is 0 Å². The SMILES string of the molecule is O=C1C(=O)/C(=C2\CCC[n+]3c2ccc2ccccc23)C(O)=C1C1=C2C=Cc3ccccc3N2CCC1. The van der Waals surface area contributed by atoms with Gasteiger partial charge < -0.3 is 10.0 Å². The van der Waals surface area contributed by atoms with Crippen molar-refractivity contribution in [1.82, 2.24) is 0 Å². The normalized spacial score (nSPS) is 21.3. The van der Waals surface area contributed by atoms with Crippen LogP contribution < -0.4 is 9.47 Å². The first-order chi connectivity index (χ1) is 17.6. The summed E-state index contributed by atoms with van der Waals surface area (Å²) in [4.78, 5) is 29.1. The molecule has 1 aliphatic carbocycles. The fraction of sp³-hybridized carbons (Fsp3) is 0.194. The number of anilines is 1. The van der Waals surface area contributed by atoms with Gasteiger partial charge in [0, 0.05) is 47.4 Å². The van der Waals surface area contributed by atoms with Crippen molar-refractivity contribution < 1.29 is 19.3 Å². The molecular weight excluding hydrogens is 448 g/mol. The number of Topliss-reactive ketones (excluding diaryl/α,β-unsaturated/α-hetero) is 2. The lowest BCUT2D eigenvalue weighted by atomic mass is 9.90. The van der Waals surface area contributed by atoms with Crippen molar-refractivity contribution in [3.05, 3.63) is 106 Å². The predicted molar refractivity (Wildman–Crippen MR) is 139 cm³/mol. The van der Waals surface area contributed by atoms with Gasteiger partial charge in [0.05, 0.1) is 11.1 Å². The van der Waals surface area contributed by atoms with Crippen molar-refractivity contribution >= 4 is 39.8 Å². The molecular formula is C31H25N2O3+. The van der Waals surface area contributed by atoms with Crippen LogP contribution in [0.15, 0.2) is 94.9 Å². The molecule has 0 unspecified atom stereocenters. The number of benzene rings is 2. The van der Waals surface area contributed by atoms with Crippen LogP contribution in [0.25, 0.3) is 22.6 Å². The lowest BCUT2D eigenvalue weighted by Crippen LogP contribution is -2.42. The number of hydrogen-bond acceptors (Lipinski definition) is 4. The molecule has 3 aliphatic heterocycles. The van der Waals surface area contributed by atoms with E-state index >= 15 is 0 Å². The topological polar surface area (TPSA) is 61.5 Å². The van der Waals surface area contributed by atoms with Gasteiger partial charge in [-0.3, -0.25) is 9.59 Å². The van der Waals surface area contributed by atoms with E-state index in [9.17, 15) is 14.7 Å². The number of fused-ring (bicyclic) bond motifs is 6. The van der Waals surface area contributed by atoms with Crippen LogP contribution >= 0.6 is 0 Å². The summed E-state index contributed by atoms with van der Waals surface area (Å²) in [5.41, 5.74) is 7.01.